The zero-order valence-electron chi connectivity index (χ0n) is 32.0. The monoisotopic (exact) mass is 753 g/mol. The van der Waals surface area contributed by atoms with Crippen LogP contribution in [-0.2, 0) is 0 Å². The molecule has 0 fully saturated rings. The standard InChI is InChI=1S/C55H35N3O/c1-2-12-36(13-3-1)46-31-29-38-27-28-39-30-32-47(57-54(39)53(38)56-46)37-25-23-35(24-26-37)44-20-10-21-48-50(44)55-51(45-18-6-7-22-49(45)59-55)52(58-48)41-16-8-15-40(33-41)43-19-9-14-34-11-4-5-17-42(34)43/h1-21,23-33,49H,22H2. The van der Waals surface area contributed by atoms with Gasteiger partial charge in [-0.2, -0.15) is 0 Å². The molecule has 0 bridgehead atoms. The molecule has 3 aromatic heterocycles. The average molecular weight is 754 g/mol. The Morgan fingerprint density at radius 1 is 0.475 bits per heavy atom. The summed E-state index contributed by atoms with van der Waals surface area (Å²) < 4.78 is 6.95. The Labute approximate surface area is 341 Å². The molecule has 0 radical (unpaired) electrons. The van der Waals surface area contributed by atoms with Crippen molar-refractivity contribution in [1.82, 2.24) is 15.0 Å². The predicted molar refractivity (Wildman–Crippen MR) is 243 cm³/mol. The fraction of sp³-hybridized carbons (Fsp3) is 0.0364. The lowest BCUT2D eigenvalue weighted by Gasteiger charge is -2.15. The van der Waals surface area contributed by atoms with E-state index in [1.807, 2.05) is 18.2 Å². The second-order valence-electron chi connectivity index (χ2n) is 15.4. The van der Waals surface area contributed by atoms with Gasteiger partial charge in [0, 0.05) is 39.5 Å². The molecule has 1 unspecified atom stereocenters. The van der Waals surface area contributed by atoms with E-state index in [0.29, 0.717) is 0 Å². The molecule has 276 valence electrons. The van der Waals surface area contributed by atoms with Crippen LogP contribution in [0.2, 0.25) is 0 Å². The number of ether oxygens (including phenoxy) is 1. The van der Waals surface area contributed by atoms with E-state index in [1.54, 1.807) is 0 Å². The molecule has 4 nitrogen and oxygen atoms in total. The van der Waals surface area contributed by atoms with Gasteiger partial charge in [-0.1, -0.05) is 170 Å². The van der Waals surface area contributed by atoms with Crippen LogP contribution in [0.5, 0.6) is 5.75 Å². The van der Waals surface area contributed by atoms with Crippen LogP contribution in [-0.4, -0.2) is 21.1 Å². The van der Waals surface area contributed by atoms with Crippen molar-refractivity contribution in [3.05, 3.63) is 200 Å². The van der Waals surface area contributed by atoms with E-state index in [-0.39, 0.29) is 6.10 Å². The number of nitrogens with zero attached hydrogens (tertiary/aromatic N) is 3. The van der Waals surface area contributed by atoms with Gasteiger partial charge in [-0.3, -0.25) is 0 Å². The summed E-state index contributed by atoms with van der Waals surface area (Å²) >= 11 is 0. The van der Waals surface area contributed by atoms with E-state index in [2.05, 4.69) is 176 Å². The van der Waals surface area contributed by atoms with Crippen molar-refractivity contribution < 1.29 is 4.74 Å². The van der Waals surface area contributed by atoms with E-state index in [9.17, 15) is 0 Å². The lowest BCUT2D eigenvalue weighted by atomic mass is 9.89. The first kappa shape index (κ1) is 33.4. The predicted octanol–water partition coefficient (Wildman–Crippen LogP) is 13.9. The van der Waals surface area contributed by atoms with Crippen LogP contribution < -0.4 is 4.74 Å². The molecule has 59 heavy (non-hydrogen) atoms. The van der Waals surface area contributed by atoms with Gasteiger partial charge in [0.2, 0.25) is 0 Å². The van der Waals surface area contributed by atoms with Gasteiger partial charge in [-0.15, -0.1) is 0 Å². The number of aromatic nitrogens is 3. The second-order valence-corrected chi connectivity index (χ2v) is 15.4. The zero-order chi connectivity index (χ0) is 38.9. The number of allylic oxidation sites excluding steroid dienone is 2. The third-order valence-corrected chi connectivity index (χ3v) is 11.9. The SMILES string of the molecule is C1=CCC2Oc3c(c(-c4cccc(-c5cccc6ccccc56)c4)nc4cccc(-c5ccc(-c6ccc7ccc8ccc(-c9ccccc9)nc8c7n6)cc5)c34)C2=C1. The summed E-state index contributed by atoms with van der Waals surface area (Å²) in [6.45, 7) is 0. The van der Waals surface area contributed by atoms with Crippen molar-refractivity contribution >= 4 is 49.1 Å². The first-order valence-electron chi connectivity index (χ1n) is 20.2. The summed E-state index contributed by atoms with van der Waals surface area (Å²) in [4.78, 5) is 15.8. The number of hydrogen-bond acceptors (Lipinski definition) is 4. The van der Waals surface area contributed by atoms with Crippen molar-refractivity contribution in [2.24, 2.45) is 0 Å². The molecule has 10 aromatic rings. The number of benzene rings is 7. The largest absolute Gasteiger partial charge is 0.484 e. The molecule has 1 aliphatic heterocycles. The lowest BCUT2D eigenvalue weighted by molar-refractivity contribution is 0.282. The molecule has 7 aromatic carbocycles. The average Bonchev–Trinajstić information content (AvgIpc) is 3.71. The van der Waals surface area contributed by atoms with Gasteiger partial charge in [-0.05, 0) is 57.3 Å². The summed E-state index contributed by atoms with van der Waals surface area (Å²) in [7, 11) is 0. The van der Waals surface area contributed by atoms with Crippen LogP contribution in [0, 0.1) is 0 Å². The molecule has 0 N–H and O–H groups in total. The Morgan fingerprint density at radius 3 is 1.92 bits per heavy atom. The Bertz CT molecular complexity index is 3380. The maximum atomic E-state index is 6.95. The van der Waals surface area contributed by atoms with Crippen molar-refractivity contribution in [2.75, 3.05) is 0 Å². The first-order valence-corrected chi connectivity index (χ1v) is 20.2. The number of pyridine rings is 3. The van der Waals surface area contributed by atoms with E-state index >= 15 is 0 Å². The molecule has 0 amide bonds. The van der Waals surface area contributed by atoms with Crippen LogP contribution in [0.3, 0.4) is 0 Å². The van der Waals surface area contributed by atoms with Crippen molar-refractivity contribution in [2.45, 2.75) is 12.5 Å². The fourth-order valence-electron chi connectivity index (χ4n) is 9.05. The van der Waals surface area contributed by atoms with Crippen molar-refractivity contribution in [3.63, 3.8) is 0 Å². The van der Waals surface area contributed by atoms with Crippen molar-refractivity contribution in [3.8, 4) is 61.8 Å². The maximum absolute atomic E-state index is 6.95. The maximum Gasteiger partial charge on any atom is 0.140 e. The van der Waals surface area contributed by atoms with Gasteiger partial charge < -0.3 is 4.74 Å². The zero-order valence-corrected chi connectivity index (χ0v) is 32.0. The summed E-state index contributed by atoms with van der Waals surface area (Å²) in [6.07, 6.45) is 7.33. The lowest BCUT2D eigenvalue weighted by Crippen LogP contribution is -2.12. The van der Waals surface area contributed by atoms with Crippen LogP contribution in [0.4, 0.5) is 0 Å². The molecule has 4 heteroatoms. The third kappa shape index (κ3) is 5.56. The molecule has 0 saturated carbocycles. The molecule has 4 heterocycles. The molecule has 1 atom stereocenters. The van der Waals surface area contributed by atoms with Crippen LogP contribution in [0.15, 0.2) is 194 Å². The molecule has 1 aliphatic carbocycles. The quantitative estimate of drug-likeness (QED) is 0.164. The first-order chi connectivity index (χ1) is 29.2. The molecule has 0 spiro atoms. The highest BCUT2D eigenvalue weighted by atomic mass is 16.5. The summed E-state index contributed by atoms with van der Waals surface area (Å²) in [5.74, 6) is 0.908. The van der Waals surface area contributed by atoms with E-state index in [0.717, 1.165) is 95.3 Å². The molecule has 0 saturated heterocycles. The van der Waals surface area contributed by atoms with Gasteiger partial charge in [0.05, 0.1) is 44.6 Å². The Kier molecular flexibility index (Phi) is 7.63. The molecular formula is C55H35N3O. The highest BCUT2D eigenvalue weighted by Gasteiger charge is 2.35. The minimum Gasteiger partial charge on any atom is -0.484 e. The topological polar surface area (TPSA) is 47.9 Å². The fourth-order valence-corrected chi connectivity index (χ4v) is 9.05. The number of hydrogen-bond donors (Lipinski definition) is 0. The minimum absolute atomic E-state index is 0.0499. The second kappa shape index (κ2) is 13.5. The smallest absolute Gasteiger partial charge is 0.140 e. The summed E-state index contributed by atoms with van der Waals surface area (Å²) in [6, 6.07) is 62.1. The molecular weight excluding hydrogens is 719 g/mol. The Morgan fingerprint density at radius 2 is 1.10 bits per heavy atom. The van der Waals surface area contributed by atoms with E-state index < -0.39 is 0 Å². The number of fused-ring (bicyclic) bond motifs is 9. The highest BCUT2D eigenvalue weighted by Crippen LogP contribution is 2.51. The number of rotatable bonds is 5. The van der Waals surface area contributed by atoms with Crippen LogP contribution in [0.1, 0.15) is 12.0 Å². The normalized spacial score (nSPS) is 14.4. The van der Waals surface area contributed by atoms with E-state index in [1.165, 1.54) is 27.5 Å². The van der Waals surface area contributed by atoms with Crippen molar-refractivity contribution in [1.29, 1.82) is 0 Å². The van der Waals surface area contributed by atoms with Gasteiger partial charge in [0.25, 0.3) is 0 Å². The van der Waals surface area contributed by atoms with Gasteiger partial charge >= 0.3 is 0 Å². The summed E-state index contributed by atoms with van der Waals surface area (Å²) in [5, 5.41) is 5.65. The van der Waals surface area contributed by atoms with Crippen LogP contribution >= 0.6 is 0 Å². The van der Waals surface area contributed by atoms with Gasteiger partial charge in [0.1, 0.15) is 11.9 Å². The molecule has 12 rings (SSSR count). The van der Waals surface area contributed by atoms with E-state index in [4.69, 9.17) is 19.7 Å². The Balaban J connectivity index is 0.963. The van der Waals surface area contributed by atoms with Crippen LogP contribution in [0.25, 0.3) is 105 Å². The van der Waals surface area contributed by atoms with Gasteiger partial charge in [0.15, 0.2) is 0 Å². The Hall–Kier alpha value is -7.69. The molecule has 2 aliphatic rings. The highest BCUT2D eigenvalue weighted by molar-refractivity contribution is 6.07. The van der Waals surface area contributed by atoms with Gasteiger partial charge in [-0.25, -0.2) is 15.0 Å². The minimum atomic E-state index is -0.0499. The third-order valence-electron chi connectivity index (χ3n) is 11.9. The summed E-state index contributed by atoms with van der Waals surface area (Å²) in [5.41, 5.74) is 15.6.